The van der Waals surface area contributed by atoms with Crippen molar-refractivity contribution in [2.75, 3.05) is 32.1 Å². The van der Waals surface area contributed by atoms with Gasteiger partial charge in [0.1, 0.15) is 0 Å². The Hall–Kier alpha value is -0.460. The van der Waals surface area contributed by atoms with Crippen LogP contribution in [0.4, 0.5) is 0 Å². The number of hydrogen-bond acceptors (Lipinski definition) is 4. The van der Waals surface area contributed by atoms with E-state index < -0.39 is 0 Å². The molecule has 1 saturated heterocycles. The quantitative estimate of drug-likeness (QED) is 0.858. The van der Waals surface area contributed by atoms with Crippen LogP contribution in [0.3, 0.4) is 0 Å². The van der Waals surface area contributed by atoms with Gasteiger partial charge in [0, 0.05) is 16.5 Å². The molecule has 1 atom stereocenters. The summed E-state index contributed by atoms with van der Waals surface area (Å²) in [5.74, 6) is 0.227. The van der Waals surface area contributed by atoms with Crippen molar-refractivity contribution in [2.45, 2.75) is 10.9 Å². The third-order valence-corrected chi connectivity index (χ3v) is 4.72. The normalized spacial score (nSPS) is 19.1. The molecule has 1 N–H and O–H groups in total. The van der Waals surface area contributed by atoms with Gasteiger partial charge in [-0.25, -0.2) is 0 Å². The van der Waals surface area contributed by atoms with Crippen molar-refractivity contribution in [3.8, 4) is 0 Å². The van der Waals surface area contributed by atoms with Gasteiger partial charge < -0.3 is 14.7 Å². The molecule has 1 amide bonds. The summed E-state index contributed by atoms with van der Waals surface area (Å²) in [6.07, 6.45) is 0. The lowest BCUT2D eigenvalue weighted by atomic mass is 10.2. The number of morpholine rings is 1. The molecule has 0 bridgehead atoms. The van der Waals surface area contributed by atoms with Crippen LogP contribution in [0.15, 0.2) is 23.1 Å². The standard InChI is InChI=1S/C13H15Cl2NO3S/c14-9-1-2-11(15)12(5-9)20-8-13(18)16-3-4-19-7-10(16)6-17/h1-2,5,10,17H,3-4,6-8H2. The Morgan fingerprint density at radius 3 is 3.05 bits per heavy atom. The number of carbonyl (C=O) groups excluding carboxylic acids is 1. The molecular formula is C13H15Cl2NO3S. The molecule has 0 saturated carbocycles. The maximum atomic E-state index is 12.2. The van der Waals surface area contributed by atoms with Crippen LogP contribution < -0.4 is 0 Å². The highest BCUT2D eigenvalue weighted by Crippen LogP contribution is 2.30. The number of aliphatic hydroxyl groups excluding tert-OH is 1. The van der Waals surface area contributed by atoms with Crippen LogP contribution in [-0.4, -0.2) is 54.1 Å². The van der Waals surface area contributed by atoms with E-state index in [1.807, 2.05) is 0 Å². The predicted molar refractivity (Wildman–Crippen MR) is 80.6 cm³/mol. The van der Waals surface area contributed by atoms with E-state index in [1.54, 1.807) is 23.1 Å². The Morgan fingerprint density at radius 2 is 2.30 bits per heavy atom. The van der Waals surface area contributed by atoms with Crippen LogP contribution in [0.25, 0.3) is 0 Å². The third kappa shape index (κ3) is 4.02. The number of carbonyl (C=O) groups is 1. The first-order valence-electron chi connectivity index (χ1n) is 6.17. The van der Waals surface area contributed by atoms with Gasteiger partial charge >= 0.3 is 0 Å². The minimum absolute atomic E-state index is 0.0339. The van der Waals surface area contributed by atoms with Crippen LogP contribution in [0, 0.1) is 0 Å². The van der Waals surface area contributed by atoms with E-state index in [4.69, 9.17) is 27.9 Å². The van der Waals surface area contributed by atoms with E-state index in [0.717, 1.165) is 4.90 Å². The number of aliphatic hydroxyl groups is 1. The molecule has 1 aliphatic rings. The Kier molecular flexibility index (Phi) is 5.99. The first kappa shape index (κ1) is 15.9. The molecule has 110 valence electrons. The summed E-state index contributed by atoms with van der Waals surface area (Å²) in [5.41, 5.74) is 0. The Morgan fingerprint density at radius 1 is 1.50 bits per heavy atom. The molecule has 0 spiro atoms. The van der Waals surface area contributed by atoms with Crippen molar-refractivity contribution in [1.82, 2.24) is 4.90 Å². The Labute approximate surface area is 132 Å². The summed E-state index contributed by atoms with van der Waals surface area (Å²) in [6, 6.07) is 4.90. The fourth-order valence-corrected chi connectivity index (χ4v) is 3.32. The van der Waals surface area contributed by atoms with Crippen LogP contribution in [0.2, 0.25) is 10.0 Å². The predicted octanol–water partition coefficient (Wildman–Crippen LogP) is 2.31. The zero-order valence-electron chi connectivity index (χ0n) is 10.7. The number of thioether (sulfide) groups is 1. The summed E-state index contributed by atoms with van der Waals surface area (Å²) in [7, 11) is 0. The van der Waals surface area contributed by atoms with E-state index in [9.17, 15) is 9.90 Å². The minimum atomic E-state index is -0.258. The second-order valence-electron chi connectivity index (χ2n) is 4.36. The highest BCUT2D eigenvalue weighted by Gasteiger charge is 2.26. The zero-order valence-corrected chi connectivity index (χ0v) is 13.0. The number of amides is 1. The van der Waals surface area contributed by atoms with Gasteiger partial charge in [0.25, 0.3) is 0 Å². The topological polar surface area (TPSA) is 49.8 Å². The molecular weight excluding hydrogens is 321 g/mol. The van der Waals surface area contributed by atoms with Crippen molar-refractivity contribution in [3.63, 3.8) is 0 Å². The highest BCUT2D eigenvalue weighted by molar-refractivity contribution is 8.00. The SMILES string of the molecule is O=C(CSc1cc(Cl)ccc1Cl)N1CCOCC1CO. The van der Waals surface area contributed by atoms with Crippen molar-refractivity contribution < 1.29 is 14.6 Å². The smallest absolute Gasteiger partial charge is 0.233 e. The monoisotopic (exact) mass is 335 g/mol. The van der Waals surface area contributed by atoms with Gasteiger partial charge in [0.2, 0.25) is 5.91 Å². The molecule has 0 aromatic heterocycles. The van der Waals surface area contributed by atoms with Gasteiger partial charge in [0.15, 0.2) is 0 Å². The fraction of sp³-hybridized carbons (Fsp3) is 0.462. The second-order valence-corrected chi connectivity index (χ2v) is 6.22. The number of benzene rings is 1. The lowest BCUT2D eigenvalue weighted by Crippen LogP contribution is -2.51. The van der Waals surface area contributed by atoms with Gasteiger partial charge in [0.05, 0.1) is 36.6 Å². The first-order chi connectivity index (χ1) is 9.61. The Bertz CT molecular complexity index is 487. The number of halogens is 2. The summed E-state index contributed by atoms with van der Waals surface area (Å²) in [6.45, 7) is 1.30. The highest BCUT2D eigenvalue weighted by atomic mass is 35.5. The molecule has 1 aromatic carbocycles. The third-order valence-electron chi connectivity index (χ3n) is 3.00. The van der Waals surface area contributed by atoms with E-state index in [2.05, 4.69) is 0 Å². The van der Waals surface area contributed by atoms with Gasteiger partial charge in [-0.05, 0) is 18.2 Å². The van der Waals surface area contributed by atoms with Gasteiger partial charge in [-0.1, -0.05) is 23.2 Å². The number of hydrogen-bond donors (Lipinski definition) is 1. The Balaban J connectivity index is 1.95. The zero-order chi connectivity index (χ0) is 14.5. The number of ether oxygens (including phenoxy) is 1. The molecule has 0 radical (unpaired) electrons. The van der Waals surface area contributed by atoms with Crippen molar-refractivity contribution in [2.24, 2.45) is 0 Å². The molecule has 1 unspecified atom stereocenters. The van der Waals surface area contributed by atoms with Crippen molar-refractivity contribution >= 4 is 40.9 Å². The average Bonchev–Trinajstić information content (AvgIpc) is 2.47. The molecule has 20 heavy (non-hydrogen) atoms. The van der Waals surface area contributed by atoms with E-state index in [-0.39, 0.29) is 24.3 Å². The van der Waals surface area contributed by atoms with Crippen LogP contribution in [-0.2, 0) is 9.53 Å². The molecule has 7 heteroatoms. The van der Waals surface area contributed by atoms with E-state index in [1.165, 1.54) is 11.8 Å². The second kappa shape index (κ2) is 7.52. The molecule has 1 fully saturated rings. The fourth-order valence-electron chi connectivity index (χ4n) is 1.94. The maximum absolute atomic E-state index is 12.2. The lowest BCUT2D eigenvalue weighted by Gasteiger charge is -2.34. The van der Waals surface area contributed by atoms with Crippen LogP contribution >= 0.6 is 35.0 Å². The molecule has 4 nitrogen and oxygen atoms in total. The minimum Gasteiger partial charge on any atom is -0.394 e. The maximum Gasteiger partial charge on any atom is 0.233 e. The first-order valence-corrected chi connectivity index (χ1v) is 7.92. The van der Waals surface area contributed by atoms with Gasteiger partial charge in [-0.15, -0.1) is 11.8 Å². The molecule has 1 aliphatic heterocycles. The van der Waals surface area contributed by atoms with Crippen molar-refractivity contribution in [3.05, 3.63) is 28.2 Å². The van der Waals surface area contributed by atoms with Crippen molar-refractivity contribution in [1.29, 1.82) is 0 Å². The van der Waals surface area contributed by atoms with E-state index >= 15 is 0 Å². The molecule has 1 heterocycles. The summed E-state index contributed by atoms with van der Waals surface area (Å²) >= 11 is 13.3. The number of nitrogens with zero attached hydrogens (tertiary/aromatic N) is 1. The summed E-state index contributed by atoms with van der Waals surface area (Å²) in [5, 5.41) is 10.4. The van der Waals surface area contributed by atoms with E-state index in [0.29, 0.717) is 29.8 Å². The molecule has 1 aromatic rings. The summed E-state index contributed by atoms with van der Waals surface area (Å²) in [4.78, 5) is 14.6. The molecule has 2 rings (SSSR count). The lowest BCUT2D eigenvalue weighted by molar-refractivity contribution is -0.138. The molecule has 0 aliphatic carbocycles. The summed E-state index contributed by atoms with van der Waals surface area (Å²) < 4.78 is 5.25. The largest absolute Gasteiger partial charge is 0.394 e. The van der Waals surface area contributed by atoms with Crippen LogP contribution in [0.5, 0.6) is 0 Å². The van der Waals surface area contributed by atoms with Crippen LogP contribution in [0.1, 0.15) is 0 Å². The van der Waals surface area contributed by atoms with Gasteiger partial charge in [-0.3, -0.25) is 4.79 Å². The van der Waals surface area contributed by atoms with Gasteiger partial charge in [-0.2, -0.15) is 0 Å². The number of rotatable bonds is 4. The average molecular weight is 336 g/mol.